The monoisotopic (exact) mass is 268 g/mol. The number of carbonyl (C=O) groups is 1. The molecular weight excluding hydrogens is 248 g/mol. The van der Waals surface area contributed by atoms with Crippen LogP contribution in [0.2, 0.25) is 0 Å². The van der Waals surface area contributed by atoms with Gasteiger partial charge in [0.2, 0.25) is 0 Å². The molecule has 0 aromatic rings. The summed E-state index contributed by atoms with van der Waals surface area (Å²) in [5, 5.41) is 8.44. The summed E-state index contributed by atoms with van der Waals surface area (Å²) in [6.07, 6.45) is 5.81. The average Bonchev–Trinajstić information content (AvgIpc) is 2.43. The summed E-state index contributed by atoms with van der Waals surface area (Å²) in [6, 6.07) is 0. The SMILES string of the molecule is CCC#CC#CCCCC#CC#CCCCCC(=O)O. The molecule has 0 atom stereocenters. The normalized spacial score (nSPS) is 7.65. The summed E-state index contributed by atoms with van der Waals surface area (Å²) in [6.45, 7) is 2.00. The van der Waals surface area contributed by atoms with Crippen LogP contribution in [0.4, 0.5) is 0 Å². The minimum absolute atomic E-state index is 0.219. The van der Waals surface area contributed by atoms with Crippen LogP contribution in [0.15, 0.2) is 0 Å². The third-order valence-corrected chi connectivity index (χ3v) is 2.20. The number of carboxylic acids is 1. The zero-order valence-corrected chi connectivity index (χ0v) is 12.0. The smallest absolute Gasteiger partial charge is 0.303 e. The van der Waals surface area contributed by atoms with Crippen molar-refractivity contribution < 1.29 is 9.90 Å². The molecule has 0 aromatic carbocycles. The second-order valence-corrected chi connectivity index (χ2v) is 4.02. The first kappa shape index (κ1) is 17.7. The lowest BCUT2D eigenvalue weighted by Crippen LogP contribution is -1.92. The highest BCUT2D eigenvalue weighted by atomic mass is 16.4. The molecular formula is C18H20O2. The van der Waals surface area contributed by atoms with E-state index in [0.717, 1.165) is 32.1 Å². The molecule has 0 aliphatic carbocycles. The fraction of sp³-hybridized carbons (Fsp3) is 0.500. The molecule has 20 heavy (non-hydrogen) atoms. The van der Waals surface area contributed by atoms with Crippen molar-refractivity contribution in [2.24, 2.45) is 0 Å². The number of hydrogen-bond acceptors (Lipinski definition) is 1. The molecule has 0 saturated carbocycles. The molecule has 2 nitrogen and oxygen atoms in total. The molecule has 0 rings (SSSR count). The predicted molar refractivity (Wildman–Crippen MR) is 81.3 cm³/mol. The first-order valence-electron chi connectivity index (χ1n) is 6.90. The molecule has 0 bridgehead atoms. The molecule has 1 N–H and O–H groups in total. The molecule has 0 aliphatic heterocycles. The number of aliphatic carboxylic acids is 1. The van der Waals surface area contributed by atoms with Gasteiger partial charge in [0.1, 0.15) is 0 Å². The third-order valence-electron chi connectivity index (χ3n) is 2.20. The second-order valence-electron chi connectivity index (χ2n) is 4.02. The van der Waals surface area contributed by atoms with E-state index in [1.54, 1.807) is 0 Å². The van der Waals surface area contributed by atoms with Crippen molar-refractivity contribution in [2.45, 2.75) is 58.3 Å². The fourth-order valence-corrected chi connectivity index (χ4v) is 1.21. The molecule has 0 radical (unpaired) electrons. The average molecular weight is 268 g/mol. The van der Waals surface area contributed by atoms with E-state index in [4.69, 9.17) is 5.11 Å². The Morgan fingerprint density at radius 2 is 1.30 bits per heavy atom. The lowest BCUT2D eigenvalue weighted by atomic mass is 10.2. The molecule has 0 unspecified atom stereocenters. The minimum Gasteiger partial charge on any atom is -0.481 e. The Labute approximate surface area is 122 Å². The van der Waals surface area contributed by atoms with E-state index in [1.165, 1.54) is 0 Å². The van der Waals surface area contributed by atoms with Gasteiger partial charge in [-0.3, -0.25) is 4.79 Å². The van der Waals surface area contributed by atoms with Crippen LogP contribution < -0.4 is 0 Å². The summed E-state index contributed by atoms with van der Waals surface area (Å²) in [4.78, 5) is 10.3. The highest BCUT2D eigenvalue weighted by Gasteiger charge is 1.93. The van der Waals surface area contributed by atoms with Gasteiger partial charge in [-0.25, -0.2) is 0 Å². The Morgan fingerprint density at radius 1 is 0.800 bits per heavy atom. The van der Waals surface area contributed by atoms with Crippen molar-refractivity contribution in [1.29, 1.82) is 0 Å². The lowest BCUT2D eigenvalue weighted by molar-refractivity contribution is -0.137. The van der Waals surface area contributed by atoms with Gasteiger partial charge in [-0.1, -0.05) is 30.6 Å². The van der Waals surface area contributed by atoms with Gasteiger partial charge in [-0.15, -0.1) is 0 Å². The molecule has 0 spiro atoms. The van der Waals surface area contributed by atoms with Crippen LogP contribution in [0.25, 0.3) is 0 Å². The topological polar surface area (TPSA) is 37.3 Å². The van der Waals surface area contributed by atoms with Crippen LogP contribution in [0.1, 0.15) is 58.3 Å². The maximum absolute atomic E-state index is 10.3. The summed E-state index contributed by atoms with van der Waals surface area (Å²) in [5.41, 5.74) is 0. The predicted octanol–water partition coefficient (Wildman–Crippen LogP) is 3.23. The standard InChI is InChI=1S/C18H20O2/c1-2-3-4-5-6-7-8-9-10-11-12-13-14-15-16-17-18(19)20/h2,7-9,14-17H2,1H3,(H,19,20). The van der Waals surface area contributed by atoms with Crippen LogP contribution >= 0.6 is 0 Å². The van der Waals surface area contributed by atoms with Gasteiger partial charge in [0.05, 0.1) is 0 Å². The third kappa shape index (κ3) is 15.7. The Balaban J connectivity index is 3.53. The van der Waals surface area contributed by atoms with Gasteiger partial charge in [-0.2, -0.15) is 0 Å². The van der Waals surface area contributed by atoms with Crippen molar-refractivity contribution in [3.8, 4) is 47.4 Å². The largest absolute Gasteiger partial charge is 0.481 e. The Kier molecular flexibility index (Phi) is 13.1. The lowest BCUT2D eigenvalue weighted by Gasteiger charge is -1.90. The number of unbranched alkanes of at least 4 members (excludes halogenated alkanes) is 4. The zero-order chi connectivity index (χ0) is 14.9. The van der Waals surface area contributed by atoms with Crippen molar-refractivity contribution in [2.75, 3.05) is 0 Å². The van der Waals surface area contributed by atoms with Gasteiger partial charge in [0.25, 0.3) is 0 Å². The van der Waals surface area contributed by atoms with E-state index in [2.05, 4.69) is 47.4 Å². The summed E-state index contributed by atoms with van der Waals surface area (Å²) >= 11 is 0. The first-order valence-corrected chi connectivity index (χ1v) is 6.90. The van der Waals surface area contributed by atoms with Gasteiger partial charge >= 0.3 is 5.97 Å². The fourth-order valence-electron chi connectivity index (χ4n) is 1.21. The van der Waals surface area contributed by atoms with E-state index >= 15 is 0 Å². The number of hydrogen-bond donors (Lipinski definition) is 1. The van der Waals surface area contributed by atoms with E-state index in [9.17, 15) is 4.79 Å². The molecule has 0 fully saturated rings. The highest BCUT2D eigenvalue weighted by Crippen LogP contribution is 1.97. The van der Waals surface area contributed by atoms with Crippen LogP contribution in [0.5, 0.6) is 0 Å². The highest BCUT2D eigenvalue weighted by molar-refractivity contribution is 5.66. The molecule has 0 heterocycles. The summed E-state index contributed by atoms with van der Waals surface area (Å²) in [7, 11) is 0. The summed E-state index contributed by atoms with van der Waals surface area (Å²) < 4.78 is 0. The molecule has 0 aliphatic rings. The Bertz CT molecular complexity index is 513. The molecule has 2 heteroatoms. The zero-order valence-electron chi connectivity index (χ0n) is 12.0. The van der Waals surface area contributed by atoms with Crippen molar-refractivity contribution >= 4 is 5.97 Å². The minimum atomic E-state index is -0.749. The van der Waals surface area contributed by atoms with Crippen molar-refractivity contribution in [3.05, 3.63) is 0 Å². The van der Waals surface area contributed by atoms with E-state index < -0.39 is 5.97 Å². The van der Waals surface area contributed by atoms with Crippen LogP contribution in [0.3, 0.4) is 0 Å². The molecule has 0 saturated heterocycles. The molecule has 0 amide bonds. The first-order chi connectivity index (χ1) is 9.77. The Morgan fingerprint density at radius 3 is 1.80 bits per heavy atom. The van der Waals surface area contributed by atoms with Gasteiger partial charge in [0, 0.05) is 32.1 Å². The summed E-state index contributed by atoms with van der Waals surface area (Å²) in [5.74, 6) is 22.2. The van der Waals surface area contributed by atoms with E-state index in [-0.39, 0.29) is 6.42 Å². The Hall–Kier alpha value is -2.29. The van der Waals surface area contributed by atoms with Gasteiger partial charge < -0.3 is 5.11 Å². The van der Waals surface area contributed by atoms with E-state index in [0.29, 0.717) is 12.8 Å². The second kappa shape index (κ2) is 14.8. The molecule has 0 aromatic heterocycles. The maximum atomic E-state index is 10.3. The van der Waals surface area contributed by atoms with Gasteiger partial charge in [0.15, 0.2) is 0 Å². The molecule has 104 valence electrons. The number of carboxylic acid groups (broad SMARTS) is 1. The van der Waals surface area contributed by atoms with Crippen molar-refractivity contribution in [1.82, 2.24) is 0 Å². The van der Waals surface area contributed by atoms with E-state index in [1.807, 2.05) is 6.92 Å². The number of rotatable bonds is 6. The maximum Gasteiger partial charge on any atom is 0.303 e. The van der Waals surface area contributed by atoms with Crippen LogP contribution in [0, 0.1) is 47.4 Å². The van der Waals surface area contributed by atoms with Crippen LogP contribution in [-0.4, -0.2) is 11.1 Å². The van der Waals surface area contributed by atoms with Crippen molar-refractivity contribution in [3.63, 3.8) is 0 Å². The quantitative estimate of drug-likeness (QED) is 0.593. The van der Waals surface area contributed by atoms with Crippen LogP contribution in [-0.2, 0) is 4.79 Å². The van der Waals surface area contributed by atoms with Gasteiger partial charge in [-0.05, 0) is 42.9 Å².